The number of carbonyl (C=O) groups excluding carboxylic acids is 2. The van der Waals surface area contributed by atoms with Gasteiger partial charge in [-0.1, -0.05) is 11.6 Å². The first-order chi connectivity index (χ1) is 8.99. The van der Waals surface area contributed by atoms with Gasteiger partial charge in [-0.25, -0.2) is 0 Å². The van der Waals surface area contributed by atoms with Crippen LogP contribution >= 0.6 is 0 Å². The van der Waals surface area contributed by atoms with Gasteiger partial charge in [0.25, 0.3) is 5.91 Å². The number of rotatable bonds is 5. The van der Waals surface area contributed by atoms with Crippen LogP contribution in [0, 0.1) is 0 Å². The van der Waals surface area contributed by atoms with E-state index in [-0.39, 0.29) is 18.4 Å². The molecule has 0 aromatic heterocycles. The Morgan fingerprint density at radius 3 is 2.37 bits per heavy atom. The van der Waals surface area contributed by atoms with Crippen LogP contribution in [0.1, 0.15) is 24.2 Å². The van der Waals surface area contributed by atoms with Crippen LogP contribution in [-0.2, 0) is 4.79 Å². The highest BCUT2D eigenvalue weighted by Gasteiger charge is 2.06. The highest BCUT2D eigenvalue weighted by atomic mass is 16.2. The lowest BCUT2D eigenvalue weighted by Gasteiger charge is -2.06. The van der Waals surface area contributed by atoms with Crippen LogP contribution in [-0.4, -0.2) is 24.9 Å². The number of nitrogen functional groups attached to an aromatic ring is 1. The highest BCUT2D eigenvalue weighted by molar-refractivity contribution is 5.96. The number of hydrogen-bond acceptors (Lipinski definition) is 3. The normalized spacial score (nSPS) is 9.58. The third-order valence-corrected chi connectivity index (χ3v) is 2.39. The molecule has 0 fully saturated rings. The van der Waals surface area contributed by atoms with Gasteiger partial charge in [-0.2, -0.15) is 0 Å². The van der Waals surface area contributed by atoms with Gasteiger partial charge in [0, 0.05) is 17.8 Å². The summed E-state index contributed by atoms with van der Waals surface area (Å²) < 4.78 is 0. The molecule has 1 aromatic carbocycles. The molecular weight excluding hydrogens is 242 g/mol. The Labute approximate surface area is 112 Å². The second-order valence-corrected chi connectivity index (χ2v) is 4.39. The van der Waals surface area contributed by atoms with Gasteiger partial charge in [0.05, 0.1) is 6.54 Å². The van der Waals surface area contributed by atoms with E-state index < -0.39 is 0 Å². The second kappa shape index (κ2) is 7.20. The maximum atomic E-state index is 11.7. The Balaban J connectivity index is 2.36. The van der Waals surface area contributed by atoms with Crippen LogP contribution < -0.4 is 16.4 Å². The van der Waals surface area contributed by atoms with Gasteiger partial charge < -0.3 is 16.4 Å². The maximum absolute atomic E-state index is 11.7. The largest absolute Gasteiger partial charge is 0.399 e. The number of allylic oxidation sites excluding steroid dienone is 1. The molecule has 1 aromatic rings. The van der Waals surface area contributed by atoms with E-state index in [0.29, 0.717) is 17.8 Å². The fourth-order valence-corrected chi connectivity index (χ4v) is 1.33. The van der Waals surface area contributed by atoms with Crippen LogP contribution in [0.4, 0.5) is 5.69 Å². The van der Waals surface area contributed by atoms with Gasteiger partial charge >= 0.3 is 0 Å². The Morgan fingerprint density at radius 1 is 1.16 bits per heavy atom. The average Bonchev–Trinajstić information content (AvgIpc) is 2.36. The smallest absolute Gasteiger partial charge is 0.251 e. The first kappa shape index (κ1) is 14.8. The quantitative estimate of drug-likeness (QED) is 0.548. The van der Waals surface area contributed by atoms with Crippen molar-refractivity contribution in [1.82, 2.24) is 10.6 Å². The summed E-state index contributed by atoms with van der Waals surface area (Å²) in [6, 6.07) is 6.52. The van der Waals surface area contributed by atoms with E-state index in [4.69, 9.17) is 5.73 Å². The van der Waals surface area contributed by atoms with Crippen LogP contribution in [0.25, 0.3) is 0 Å². The molecule has 2 amide bonds. The van der Waals surface area contributed by atoms with E-state index in [1.807, 2.05) is 19.9 Å². The molecule has 0 atom stereocenters. The minimum Gasteiger partial charge on any atom is -0.399 e. The van der Waals surface area contributed by atoms with Gasteiger partial charge in [0.1, 0.15) is 0 Å². The van der Waals surface area contributed by atoms with Crippen molar-refractivity contribution in [1.29, 1.82) is 0 Å². The Hall–Kier alpha value is -2.30. The van der Waals surface area contributed by atoms with E-state index in [1.54, 1.807) is 24.3 Å². The standard InChI is InChI=1S/C14H19N3O2/c1-10(2)7-8-16-13(18)9-17-14(19)11-3-5-12(15)6-4-11/h3-7H,8-9,15H2,1-2H3,(H,16,18)(H,17,19). The molecule has 0 saturated carbocycles. The summed E-state index contributed by atoms with van der Waals surface area (Å²) in [5.74, 6) is -0.515. The van der Waals surface area contributed by atoms with Gasteiger partial charge in [-0.3, -0.25) is 9.59 Å². The molecule has 0 saturated heterocycles. The van der Waals surface area contributed by atoms with Crippen LogP contribution in [0.5, 0.6) is 0 Å². The van der Waals surface area contributed by atoms with Gasteiger partial charge in [0.2, 0.25) is 5.91 Å². The Bertz CT molecular complexity index is 474. The summed E-state index contributed by atoms with van der Waals surface area (Å²) in [6.07, 6.45) is 1.90. The van der Waals surface area contributed by atoms with Crippen LogP contribution in [0.3, 0.4) is 0 Å². The predicted molar refractivity (Wildman–Crippen MR) is 75.6 cm³/mol. The zero-order chi connectivity index (χ0) is 14.3. The lowest BCUT2D eigenvalue weighted by Crippen LogP contribution is -2.37. The molecule has 0 bridgehead atoms. The van der Waals surface area contributed by atoms with Crippen molar-refractivity contribution in [3.8, 4) is 0 Å². The number of nitrogens with two attached hydrogens (primary N) is 1. The number of hydrogen-bond donors (Lipinski definition) is 3. The zero-order valence-corrected chi connectivity index (χ0v) is 11.2. The predicted octanol–water partition coefficient (Wildman–Crippen LogP) is 1.08. The molecule has 4 N–H and O–H groups in total. The summed E-state index contributed by atoms with van der Waals surface area (Å²) in [6.45, 7) is 4.34. The number of carbonyl (C=O) groups is 2. The van der Waals surface area contributed by atoms with E-state index >= 15 is 0 Å². The molecule has 0 radical (unpaired) electrons. The first-order valence-corrected chi connectivity index (χ1v) is 6.03. The topological polar surface area (TPSA) is 84.2 Å². The maximum Gasteiger partial charge on any atom is 0.251 e. The highest BCUT2D eigenvalue weighted by Crippen LogP contribution is 2.04. The molecule has 5 nitrogen and oxygen atoms in total. The number of amides is 2. The summed E-state index contributed by atoms with van der Waals surface area (Å²) in [4.78, 5) is 23.1. The third-order valence-electron chi connectivity index (χ3n) is 2.39. The van der Waals surface area contributed by atoms with Crippen molar-refractivity contribution in [3.63, 3.8) is 0 Å². The minimum absolute atomic E-state index is 0.0419. The molecule has 0 aliphatic rings. The summed E-state index contributed by atoms with van der Waals surface area (Å²) >= 11 is 0. The van der Waals surface area contributed by atoms with Gasteiger partial charge in [-0.15, -0.1) is 0 Å². The van der Waals surface area contributed by atoms with Gasteiger partial charge in [-0.05, 0) is 38.1 Å². The lowest BCUT2D eigenvalue weighted by atomic mass is 10.2. The molecule has 19 heavy (non-hydrogen) atoms. The number of benzene rings is 1. The zero-order valence-electron chi connectivity index (χ0n) is 11.2. The molecule has 1 rings (SSSR count). The molecule has 0 spiro atoms. The van der Waals surface area contributed by atoms with Crippen molar-refractivity contribution < 1.29 is 9.59 Å². The molecule has 5 heteroatoms. The molecule has 0 unspecified atom stereocenters. The third kappa shape index (κ3) is 5.72. The SMILES string of the molecule is CC(C)=CCNC(=O)CNC(=O)c1ccc(N)cc1. The monoisotopic (exact) mass is 261 g/mol. The minimum atomic E-state index is -0.294. The first-order valence-electron chi connectivity index (χ1n) is 6.03. The van der Waals surface area contributed by atoms with E-state index in [2.05, 4.69) is 10.6 Å². The molecule has 0 aliphatic heterocycles. The molecular formula is C14H19N3O2. The fraction of sp³-hybridized carbons (Fsp3) is 0.286. The Morgan fingerprint density at radius 2 is 1.79 bits per heavy atom. The van der Waals surface area contributed by atoms with E-state index in [1.165, 1.54) is 0 Å². The Kier molecular flexibility index (Phi) is 5.60. The van der Waals surface area contributed by atoms with Crippen molar-refractivity contribution >= 4 is 17.5 Å². The van der Waals surface area contributed by atoms with Crippen LogP contribution in [0.15, 0.2) is 35.9 Å². The van der Waals surface area contributed by atoms with E-state index in [9.17, 15) is 9.59 Å². The molecule has 0 heterocycles. The molecule has 102 valence electrons. The summed E-state index contributed by atoms with van der Waals surface area (Å²) in [5.41, 5.74) is 7.73. The summed E-state index contributed by atoms with van der Waals surface area (Å²) in [5, 5.41) is 5.22. The van der Waals surface area contributed by atoms with Crippen molar-refractivity contribution in [3.05, 3.63) is 41.5 Å². The van der Waals surface area contributed by atoms with Gasteiger partial charge in [0.15, 0.2) is 0 Å². The number of nitrogens with one attached hydrogen (secondary N) is 2. The van der Waals surface area contributed by atoms with Crippen molar-refractivity contribution in [2.45, 2.75) is 13.8 Å². The number of anilines is 1. The van der Waals surface area contributed by atoms with Crippen LogP contribution in [0.2, 0.25) is 0 Å². The lowest BCUT2D eigenvalue weighted by molar-refractivity contribution is -0.119. The molecule has 0 aliphatic carbocycles. The van der Waals surface area contributed by atoms with Crippen molar-refractivity contribution in [2.24, 2.45) is 0 Å². The average molecular weight is 261 g/mol. The fourth-order valence-electron chi connectivity index (χ4n) is 1.33. The van der Waals surface area contributed by atoms with Crippen molar-refractivity contribution in [2.75, 3.05) is 18.8 Å². The summed E-state index contributed by atoms with van der Waals surface area (Å²) in [7, 11) is 0. The van der Waals surface area contributed by atoms with E-state index in [0.717, 1.165) is 5.57 Å². The second-order valence-electron chi connectivity index (χ2n) is 4.39.